The van der Waals surface area contributed by atoms with Crippen LogP contribution in [0, 0.1) is 0 Å². The van der Waals surface area contributed by atoms with E-state index in [2.05, 4.69) is 15.0 Å². The molecule has 0 aromatic heterocycles. The molecule has 0 fully saturated rings. The van der Waals surface area contributed by atoms with E-state index in [1.807, 2.05) is 6.08 Å². The quantitative estimate of drug-likeness (QED) is 0.845. The molecule has 2 rings (SSSR count). The summed E-state index contributed by atoms with van der Waals surface area (Å²) in [7, 11) is -3.71. The highest BCUT2D eigenvalue weighted by Crippen LogP contribution is 2.16. The van der Waals surface area contributed by atoms with Gasteiger partial charge in [0.05, 0.1) is 4.90 Å². The summed E-state index contributed by atoms with van der Waals surface area (Å²) in [5.41, 5.74) is 0. The summed E-state index contributed by atoms with van der Waals surface area (Å²) in [5, 5.41) is 5.99. The maximum Gasteiger partial charge on any atom is 0.285 e. The van der Waals surface area contributed by atoms with E-state index in [4.69, 9.17) is 11.6 Å². The van der Waals surface area contributed by atoms with Crippen molar-refractivity contribution >= 4 is 27.6 Å². The van der Waals surface area contributed by atoms with Crippen molar-refractivity contribution < 1.29 is 8.42 Å². The average Bonchev–Trinajstić information content (AvgIpc) is 2.30. The van der Waals surface area contributed by atoms with Crippen molar-refractivity contribution in [1.82, 2.24) is 10.6 Å². The Morgan fingerprint density at radius 1 is 1.24 bits per heavy atom. The van der Waals surface area contributed by atoms with Crippen LogP contribution in [0.25, 0.3) is 0 Å². The first-order valence-electron chi connectivity index (χ1n) is 4.84. The van der Waals surface area contributed by atoms with Gasteiger partial charge in [-0.15, -0.1) is 4.40 Å². The molecule has 17 heavy (non-hydrogen) atoms. The molecule has 1 aromatic rings. The Bertz CT molecular complexity index is 564. The van der Waals surface area contributed by atoms with Crippen molar-refractivity contribution in [3.63, 3.8) is 0 Å². The molecule has 0 amide bonds. The van der Waals surface area contributed by atoms with Crippen molar-refractivity contribution in [2.24, 2.45) is 4.40 Å². The zero-order chi connectivity index (χ0) is 12.3. The highest BCUT2D eigenvalue weighted by atomic mass is 35.5. The first kappa shape index (κ1) is 11.9. The van der Waals surface area contributed by atoms with Crippen LogP contribution in [0.1, 0.15) is 0 Å². The van der Waals surface area contributed by atoms with Crippen molar-refractivity contribution in [2.75, 3.05) is 6.54 Å². The lowest BCUT2D eigenvalue weighted by molar-refractivity contribution is 0.597. The Hall–Kier alpha value is -1.53. The number of sulfonamides is 1. The summed E-state index contributed by atoms with van der Waals surface area (Å²) in [6.45, 7) is 0.544. The third-order valence-corrected chi connectivity index (χ3v) is 3.59. The van der Waals surface area contributed by atoms with Gasteiger partial charge in [-0.3, -0.25) is 0 Å². The second kappa shape index (κ2) is 4.77. The summed E-state index contributed by atoms with van der Waals surface area (Å²) in [5.74, 6) is 0.211. The largest absolute Gasteiger partial charge is 0.352 e. The zero-order valence-electron chi connectivity index (χ0n) is 8.72. The molecule has 2 N–H and O–H groups in total. The Kier molecular flexibility index (Phi) is 3.35. The van der Waals surface area contributed by atoms with E-state index in [-0.39, 0.29) is 10.9 Å². The summed E-state index contributed by atoms with van der Waals surface area (Å²) < 4.78 is 27.4. The average molecular weight is 272 g/mol. The predicted molar refractivity (Wildman–Crippen MR) is 66.4 cm³/mol. The number of nitrogens with one attached hydrogen (secondary N) is 2. The van der Waals surface area contributed by atoms with E-state index >= 15 is 0 Å². The molecule has 0 saturated carbocycles. The van der Waals surface area contributed by atoms with Gasteiger partial charge in [0.2, 0.25) is 5.96 Å². The van der Waals surface area contributed by atoms with Gasteiger partial charge in [-0.2, -0.15) is 8.42 Å². The molecule has 1 aliphatic heterocycles. The van der Waals surface area contributed by atoms with Crippen LogP contribution in [0.2, 0.25) is 5.02 Å². The molecule has 0 spiro atoms. The van der Waals surface area contributed by atoms with Crippen LogP contribution in [0.5, 0.6) is 0 Å². The number of guanidine groups is 1. The SMILES string of the molecule is O=S(=O)(N=C1NC=CCN1)c1ccc(Cl)cc1. The summed E-state index contributed by atoms with van der Waals surface area (Å²) in [6.07, 6.45) is 3.45. The minimum Gasteiger partial charge on any atom is -0.352 e. The highest BCUT2D eigenvalue weighted by Gasteiger charge is 2.14. The molecule has 5 nitrogen and oxygen atoms in total. The first-order chi connectivity index (χ1) is 8.08. The summed E-state index contributed by atoms with van der Waals surface area (Å²) in [6, 6.07) is 5.85. The van der Waals surface area contributed by atoms with Crippen LogP contribution in [-0.2, 0) is 10.0 Å². The maximum atomic E-state index is 11.9. The molecule has 7 heteroatoms. The van der Waals surface area contributed by atoms with E-state index in [0.717, 1.165) is 0 Å². The van der Waals surface area contributed by atoms with Crippen LogP contribution in [0.15, 0.2) is 45.8 Å². The smallest absolute Gasteiger partial charge is 0.285 e. The van der Waals surface area contributed by atoms with Crippen molar-refractivity contribution in [1.29, 1.82) is 0 Å². The maximum absolute atomic E-state index is 11.9. The minimum absolute atomic E-state index is 0.104. The molecule has 90 valence electrons. The Balaban J connectivity index is 2.30. The van der Waals surface area contributed by atoms with Crippen LogP contribution in [0.3, 0.4) is 0 Å². The fourth-order valence-electron chi connectivity index (χ4n) is 1.24. The Labute approximate surface area is 104 Å². The number of benzene rings is 1. The summed E-state index contributed by atoms with van der Waals surface area (Å²) >= 11 is 5.69. The van der Waals surface area contributed by atoms with E-state index in [9.17, 15) is 8.42 Å². The lowest BCUT2D eigenvalue weighted by Gasteiger charge is -2.11. The van der Waals surface area contributed by atoms with Crippen LogP contribution >= 0.6 is 11.6 Å². The number of rotatable bonds is 2. The van der Waals surface area contributed by atoms with Gasteiger partial charge >= 0.3 is 0 Å². The third kappa shape index (κ3) is 2.98. The van der Waals surface area contributed by atoms with Crippen molar-refractivity contribution in [2.45, 2.75) is 4.90 Å². The van der Waals surface area contributed by atoms with Gasteiger partial charge in [0.15, 0.2) is 0 Å². The Morgan fingerprint density at radius 3 is 2.53 bits per heavy atom. The van der Waals surface area contributed by atoms with Crippen LogP contribution < -0.4 is 10.6 Å². The molecule has 1 aliphatic rings. The van der Waals surface area contributed by atoms with Crippen molar-refractivity contribution in [3.05, 3.63) is 41.6 Å². The fourth-order valence-corrected chi connectivity index (χ4v) is 2.31. The molecule has 0 radical (unpaired) electrons. The molecule has 0 aliphatic carbocycles. The second-order valence-corrected chi connectivity index (χ2v) is 5.34. The van der Waals surface area contributed by atoms with Gasteiger partial charge in [-0.25, -0.2) is 0 Å². The zero-order valence-corrected chi connectivity index (χ0v) is 10.3. The number of nitrogens with zero attached hydrogens (tertiary/aromatic N) is 1. The van der Waals surface area contributed by atoms with E-state index in [0.29, 0.717) is 11.6 Å². The number of hydrogen-bond donors (Lipinski definition) is 2. The van der Waals surface area contributed by atoms with Gasteiger partial charge in [-0.1, -0.05) is 11.6 Å². The molecule has 0 unspecified atom stereocenters. The van der Waals surface area contributed by atoms with Crippen LogP contribution in [0.4, 0.5) is 0 Å². The third-order valence-electron chi connectivity index (χ3n) is 2.05. The fraction of sp³-hybridized carbons (Fsp3) is 0.100. The van der Waals surface area contributed by atoms with E-state index in [1.54, 1.807) is 6.20 Å². The predicted octanol–water partition coefficient (Wildman–Crippen LogP) is 1.09. The summed E-state index contributed by atoms with van der Waals surface area (Å²) in [4.78, 5) is 0.104. The highest BCUT2D eigenvalue weighted by molar-refractivity contribution is 7.90. The normalized spacial score (nSPS) is 17.6. The van der Waals surface area contributed by atoms with Gasteiger partial charge < -0.3 is 10.6 Å². The number of hydrogen-bond acceptors (Lipinski definition) is 2. The van der Waals surface area contributed by atoms with Gasteiger partial charge in [0.25, 0.3) is 10.0 Å². The lowest BCUT2D eigenvalue weighted by Crippen LogP contribution is -2.38. The first-order valence-corrected chi connectivity index (χ1v) is 6.66. The minimum atomic E-state index is -3.71. The van der Waals surface area contributed by atoms with E-state index < -0.39 is 10.0 Å². The molecule has 0 saturated heterocycles. The second-order valence-electron chi connectivity index (χ2n) is 3.30. The van der Waals surface area contributed by atoms with Crippen LogP contribution in [-0.4, -0.2) is 20.9 Å². The lowest BCUT2D eigenvalue weighted by atomic mass is 10.4. The monoisotopic (exact) mass is 271 g/mol. The topological polar surface area (TPSA) is 70.6 Å². The Morgan fingerprint density at radius 2 is 1.94 bits per heavy atom. The molecular weight excluding hydrogens is 262 g/mol. The van der Waals surface area contributed by atoms with Gasteiger partial charge in [0.1, 0.15) is 0 Å². The number of halogens is 1. The van der Waals surface area contributed by atoms with Gasteiger partial charge in [-0.05, 0) is 30.3 Å². The molecular formula is C10H10ClN3O2S. The standard InChI is InChI=1S/C10H10ClN3O2S/c11-8-2-4-9(5-3-8)17(15,16)14-10-12-6-1-7-13-10/h1-6H,7H2,(H2,12,13,14). The molecule has 1 heterocycles. The van der Waals surface area contributed by atoms with Crippen molar-refractivity contribution in [3.8, 4) is 0 Å². The molecule has 1 aromatic carbocycles. The van der Waals surface area contributed by atoms with E-state index in [1.165, 1.54) is 24.3 Å². The van der Waals surface area contributed by atoms with Gasteiger partial charge in [0, 0.05) is 17.8 Å². The molecule has 0 bridgehead atoms. The molecule has 0 atom stereocenters.